The Balaban J connectivity index is 1.80. The molecule has 0 aliphatic carbocycles. The fourth-order valence-electron chi connectivity index (χ4n) is 3.50. The van der Waals surface area contributed by atoms with Crippen LogP contribution in [0.25, 0.3) is 0 Å². The summed E-state index contributed by atoms with van der Waals surface area (Å²) in [4.78, 5) is 13.0. The van der Waals surface area contributed by atoms with E-state index in [1.807, 2.05) is 0 Å². The Morgan fingerprint density at radius 3 is 2.54 bits per heavy atom. The number of halogens is 1. The number of nitrogens with zero attached hydrogens (tertiary/aromatic N) is 1. The van der Waals surface area contributed by atoms with E-state index < -0.39 is 15.8 Å². The van der Waals surface area contributed by atoms with Gasteiger partial charge in [0.05, 0.1) is 26.2 Å². The summed E-state index contributed by atoms with van der Waals surface area (Å²) in [6.45, 7) is 7.00. The molecular formula is C20H33FN3O3S+. The van der Waals surface area contributed by atoms with Crippen molar-refractivity contribution in [3.8, 4) is 0 Å². The van der Waals surface area contributed by atoms with Gasteiger partial charge in [-0.05, 0) is 24.5 Å². The number of unbranched alkanes of at least 4 members (excludes halogenated alkanes) is 1. The Bertz CT molecular complexity index is 734. The number of hydrogen-bond donors (Lipinski definition) is 2. The number of amides is 1. The monoisotopic (exact) mass is 414 g/mol. The van der Waals surface area contributed by atoms with Crippen molar-refractivity contribution in [1.29, 1.82) is 0 Å². The first-order valence-electron chi connectivity index (χ1n) is 10.2. The molecule has 6 nitrogen and oxygen atoms in total. The van der Waals surface area contributed by atoms with Gasteiger partial charge >= 0.3 is 0 Å². The number of rotatable bonds is 10. The first kappa shape index (κ1) is 22.8. The van der Waals surface area contributed by atoms with Crippen LogP contribution < -0.4 is 10.2 Å². The summed E-state index contributed by atoms with van der Waals surface area (Å²) in [5.74, 6) is -0.206. The van der Waals surface area contributed by atoms with Crippen molar-refractivity contribution in [1.82, 2.24) is 9.62 Å². The summed E-state index contributed by atoms with van der Waals surface area (Å²) in [5, 5.41) is 3.02. The molecule has 158 valence electrons. The number of nitrogens with one attached hydrogen (secondary N) is 2. The molecule has 2 rings (SSSR count). The molecule has 1 fully saturated rings. The molecule has 1 aromatic rings. The SMILES string of the molecule is CCCC[C@@H](CC)CNC(=O)C[NH+]1CCN(S(=O)(=O)c2ccccc2F)CC1. The zero-order valence-electron chi connectivity index (χ0n) is 16.9. The summed E-state index contributed by atoms with van der Waals surface area (Å²) < 4.78 is 40.5. The zero-order valence-corrected chi connectivity index (χ0v) is 17.7. The van der Waals surface area contributed by atoms with Crippen molar-refractivity contribution in [3.05, 3.63) is 30.1 Å². The molecule has 0 bridgehead atoms. The molecular weight excluding hydrogens is 381 g/mol. The minimum atomic E-state index is -3.83. The van der Waals surface area contributed by atoms with Crippen LogP contribution in [0.5, 0.6) is 0 Å². The molecule has 8 heteroatoms. The number of quaternary nitrogens is 1. The molecule has 0 aromatic heterocycles. The van der Waals surface area contributed by atoms with Crippen molar-refractivity contribution in [2.75, 3.05) is 39.3 Å². The van der Waals surface area contributed by atoms with Gasteiger partial charge in [0.1, 0.15) is 10.7 Å². The summed E-state index contributed by atoms with van der Waals surface area (Å²) >= 11 is 0. The van der Waals surface area contributed by atoms with Crippen LogP contribution in [0.3, 0.4) is 0 Å². The van der Waals surface area contributed by atoms with Gasteiger partial charge in [-0.25, -0.2) is 12.8 Å². The average Bonchev–Trinajstić information content (AvgIpc) is 2.69. The highest BCUT2D eigenvalue weighted by Crippen LogP contribution is 2.18. The maximum absolute atomic E-state index is 13.9. The highest BCUT2D eigenvalue weighted by Gasteiger charge is 2.32. The molecule has 1 amide bonds. The number of sulfonamides is 1. The molecule has 28 heavy (non-hydrogen) atoms. The van der Waals surface area contributed by atoms with E-state index in [0.29, 0.717) is 32.1 Å². The Kier molecular flexibility index (Phi) is 8.85. The first-order valence-corrected chi connectivity index (χ1v) is 11.7. The molecule has 0 radical (unpaired) electrons. The fraction of sp³-hybridized carbons (Fsp3) is 0.650. The fourth-order valence-corrected chi connectivity index (χ4v) is 5.01. The quantitative estimate of drug-likeness (QED) is 0.601. The van der Waals surface area contributed by atoms with Gasteiger partial charge in [0, 0.05) is 6.54 Å². The van der Waals surface area contributed by atoms with E-state index in [1.165, 1.54) is 28.9 Å². The van der Waals surface area contributed by atoms with Gasteiger partial charge in [-0.15, -0.1) is 0 Å². The third-order valence-corrected chi connectivity index (χ3v) is 7.36. The van der Waals surface area contributed by atoms with Gasteiger partial charge in [-0.3, -0.25) is 4.79 Å². The Morgan fingerprint density at radius 2 is 1.93 bits per heavy atom. The van der Waals surface area contributed by atoms with Crippen LogP contribution in [0.15, 0.2) is 29.2 Å². The normalized spacial score (nSPS) is 17.4. The van der Waals surface area contributed by atoms with Gasteiger partial charge in [0.25, 0.3) is 5.91 Å². The largest absolute Gasteiger partial charge is 0.351 e. The van der Waals surface area contributed by atoms with Crippen LogP contribution in [0.1, 0.15) is 39.5 Å². The summed E-state index contributed by atoms with van der Waals surface area (Å²) in [6, 6.07) is 5.44. The van der Waals surface area contributed by atoms with E-state index in [1.54, 1.807) is 0 Å². The summed E-state index contributed by atoms with van der Waals surface area (Å²) in [5.41, 5.74) is 0. The van der Waals surface area contributed by atoms with E-state index >= 15 is 0 Å². The molecule has 1 saturated heterocycles. The highest BCUT2D eigenvalue weighted by atomic mass is 32.2. The molecule has 0 spiro atoms. The second-order valence-corrected chi connectivity index (χ2v) is 9.39. The number of piperazine rings is 1. The minimum Gasteiger partial charge on any atom is -0.351 e. The van der Waals surface area contributed by atoms with Crippen molar-refractivity contribution in [2.24, 2.45) is 5.92 Å². The smallest absolute Gasteiger partial charge is 0.275 e. The molecule has 2 N–H and O–H groups in total. The summed E-state index contributed by atoms with van der Waals surface area (Å²) in [7, 11) is -3.83. The third-order valence-electron chi connectivity index (χ3n) is 5.43. The lowest BCUT2D eigenvalue weighted by molar-refractivity contribution is -0.895. The van der Waals surface area contributed by atoms with Gasteiger partial charge < -0.3 is 10.2 Å². The van der Waals surface area contributed by atoms with Crippen molar-refractivity contribution >= 4 is 15.9 Å². The predicted molar refractivity (Wildman–Crippen MR) is 107 cm³/mol. The standard InChI is InChI=1S/C20H32FN3O3S/c1-3-5-8-17(4-2)15-22-20(25)16-23-11-13-24(14-12-23)28(26,27)19-10-7-6-9-18(19)21/h6-7,9-10,17H,3-5,8,11-16H2,1-2H3,(H,22,25)/p+1/t17-/m1/s1. The highest BCUT2D eigenvalue weighted by molar-refractivity contribution is 7.89. The molecule has 1 aliphatic heterocycles. The molecule has 1 aliphatic rings. The first-order chi connectivity index (χ1) is 13.4. The number of carbonyl (C=O) groups is 1. The van der Waals surface area contributed by atoms with Crippen LogP contribution in [0, 0.1) is 11.7 Å². The van der Waals surface area contributed by atoms with E-state index in [9.17, 15) is 17.6 Å². The lowest BCUT2D eigenvalue weighted by Crippen LogP contribution is -3.15. The molecule has 1 aromatic carbocycles. The van der Waals surface area contributed by atoms with Gasteiger partial charge in [-0.2, -0.15) is 4.31 Å². The van der Waals surface area contributed by atoms with E-state index in [-0.39, 0.29) is 23.9 Å². The van der Waals surface area contributed by atoms with Crippen LogP contribution in [0.2, 0.25) is 0 Å². The van der Waals surface area contributed by atoms with E-state index in [2.05, 4.69) is 19.2 Å². The zero-order chi connectivity index (χ0) is 20.6. The molecule has 1 heterocycles. The Morgan fingerprint density at radius 1 is 1.25 bits per heavy atom. The van der Waals surface area contributed by atoms with Crippen molar-refractivity contribution in [3.63, 3.8) is 0 Å². The maximum atomic E-state index is 13.9. The second kappa shape index (κ2) is 10.9. The van der Waals surface area contributed by atoms with Crippen molar-refractivity contribution in [2.45, 2.75) is 44.4 Å². The van der Waals surface area contributed by atoms with Crippen LogP contribution in [-0.2, 0) is 14.8 Å². The van der Waals surface area contributed by atoms with Gasteiger partial charge in [0.2, 0.25) is 10.0 Å². The Labute approximate surface area is 168 Å². The topological polar surface area (TPSA) is 70.9 Å². The predicted octanol–water partition coefficient (Wildman–Crippen LogP) is 1.05. The number of carbonyl (C=O) groups excluding carboxylic acids is 1. The van der Waals surface area contributed by atoms with Crippen LogP contribution in [0.4, 0.5) is 4.39 Å². The van der Waals surface area contributed by atoms with Crippen LogP contribution >= 0.6 is 0 Å². The average molecular weight is 415 g/mol. The lowest BCUT2D eigenvalue weighted by atomic mass is 9.99. The molecule has 0 unspecified atom stereocenters. The van der Waals surface area contributed by atoms with Crippen molar-refractivity contribution < 1.29 is 22.5 Å². The van der Waals surface area contributed by atoms with Gasteiger partial charge in [-0.1, -0.05) is 45.2 Å². The second-order valence-electron chi connectivity index (χ2n) is 7.48. The van der Waals surface area contributed by atoms with Gasteiger partial charge in [0.15, 0.2) is 6.54 Å². The third kappa shape index (κ3) is 6.25. The maximum Gasteiger partial charge on any atom is 0.275 e. The number of hydrogen-bond acceptors (Lipinski definition) is 3. The minimum absolute atomic E-state index is 0.00959. The summed E-state index contributed by atoms with van der Waals surface area (Å²) in [6.07, 6.45) is 4.53. The Hall–Kier alpha value is -1.51. The van der Waals surface area contributed by atoms with E-state index in [0.717, 1.165) is 30.2 Å². The molecule has 0 saturated carbocycles. The van der Waals surface area contributed by atoms with E-state index in [4.69, 9.17) is 0 Å². The number of benzene rings is 1. The lowest BCUT2D eigenvalue weighted by Gasteiger charge is -2.31. The van der Waals surface area contributed by atoms with Crippen LogP contribution in [-0.4, -0.2) is 57.9 Å². The molecule has 1 atom stereocenters.